The van der Waals surface area contributed by atoms with E-state index in [1.54, 1.807) is 0 Å². The molecule has 1 fully saturated rings. The minimum atomic E-state index is 0.00177. The van der Waals surface area contributed by atoms with Gasteiger partial charge in [0, 0.05) is 0 Å². The van der Waals surface area contributed by atoms with Crippen molar-refractivity contribution in [3.8, 4) is 6.07 Å². The Morgan fingerprint density at radius 1 is 1.26 bits per heavy atom. The normalized spacial score (nSPS) is 17.9. The first-order chi connectivity index (χ1) is 9.29. The monoisotopic (exact) mass is 259 g/mol. The number of rotatable bonds is 5. The lowest BCUT2D eigenvalue weighted by Crippen LogP contribution is -2.24. The van der Waals surface area contributed by atoms with E-state index in [1.165, 1.54) is 5.56 Å². The predicted molar refractivity (Wildman–Crippen MR) is 73.7 cm³/mol. The highest BCUT2D eigenvalue weighted by Crippen LogP contribution is 2.23. The van der Waals surface area contributed by atoms with Crippen molar-refractivity contribution in [2.24, 2.45) is 0 Å². The highest BCUT2D eigenvalue weighted by Gasteiger charge is 2.14. The van der Waals surface area contributed by atoms with E-state index in [0.29, 0.717) is 5.92 Å². The second kappa shape index (κ2) is 7.28. The van der Waals surface area contributed by atoms with Crippen molar-refractivity contribution in [1.29, 1.82) is 5.26 Å². The summed E-state index contributed by atoms with van der Waals surface area (Å²) in [6, 6.07) is 10.0. The molecule has 0 aromatic heterocycles. The van der Waals surface area contributed by atoms with Crippen molar-refractivity contribution >= 4 is 0 Å². The summed E-state index contributed by atoms with van der Waals surface area (Å²) in [5, 5.41) is 8.77. The van der Waals surface area contributed by atoms with Gasteiger partial charge in [0.05, 0.1) is 24.8 Å². The van der Waals surface area contributed by atoms with Crippen molar-refractivity contribution in [3.05, 3.63) is 35.4 Å². The molecule has 1 aromatic rings. The molecule has 1 unspecified atom stereocenters. The Labute approximate surface area is 115 Å². The molecule has 1 aromatic carbocycles. The molecule has 0 bridgehead atoms. The second-order valence-corrected chi connectivity index (χ2v) is 5.09. The molecule has 0 saturated carbocycles. The summed E-state index contributed by atoms with van der Waals surface area (Å²) in [7, 11) is 0. The van der Waals surface area contributed by atoms with Crippen LogP contribution in [0.5, 0.6) is 0 Å². The lowest BCUT2D eigenvalue weighted by Gasteiger charge is -2.23. The van der Waals surface area contributed by atoms with E-state index in [4.69, 9.17) is 14.7 Å². The summed E-state index contributed by atoms with van der Waals surface area (Å²) < 4.78 is 11.1. The van der Waals surface area contributed by atoms with Crippen molar-refractivity contribution in [3.63, 3.8) is 0 Å². The number of hydrogen-bond donors (Lipinski definition) is 0. The van der Waals surface area contributed by atoms with E-state index < -0.39 is 0 Å². The Morgan fingerprint density at radius 3 is 2.58 bits per heavy atom. The summed E-state index contributed by atoms with van der Waals surface area (Å²) in [5.41, 5.74) is 2.02. The molecule has 102 valence electrons. The highest BCUT2D eigenvalue weighted by atomic mass is 16.7. The average molecular weight is 259 g/mol. The zero-order valence-electron chi connectivity index (χ0n) is 11.5. The smallest absolute Gasteiger partial charge is 0.157 e. The molecule has 19 heavy (non-hydrogen) atoms. The fourth-order valence-corrected chi connectivity index (χ4v) is 2.35. The number of benzene rings is 1. The Balaban J connectivity index is 1.73. The maximum atomic E-state index is 8.77. The number of nitriles is 1. The maximum Gasteiger partial charge on any atom is 0.157 e. The van der Waals surface area contributed by atoms with E-state index in [2.05, 4.69) is 25.1 Å². The Bertz CT molecular complexity index is 415. The van der Waals surface area contributed by atoms with Crippen LogP contribution in [0.4, 0.5) is 0 Å². The standard InChI is InChI=1S/C16H21NO2/c1-13(15-8-6-14(12-17)7-9-15)4-2-5-16-18-10-3-11-19-16/h6-9,13,16H,2-5,10-11H2,1H3. The summed E-state index contributed by atoms with van der Waals surface area (Å²) in [5.74, 6) is 0.510. The van der Waals surface area contributed by atoms with Crippen LogP contribution >= 0.6 is 0 Å². The quantitative estimate of drug-likeness (QED) is 0.811. The van der Waals surface area contributed by atoms with Gasteiger partial charge in [-0.3, -0.25) is 0 Å². The first-order valence-corrected chi connectivity index (χ1v) is 7.03. The molecule has 1 aliphatic rings. The molecule has 1 aliphatic heterocycles. The van der Waals surface area contributed by atoms with Crippen molar-refractivity contribution in [2.45, 2.75) is 44.8 Å². The predicted octanol–water partition coefficient (Wildman–Crippen LogP) is 3.60. The van der Waals surface area contributed by atoms with E-state index in [-0.39, 0.29) is 6.29 Å². The van der Waals surface area contributed by atoms with Gasteiger partial charge in [0.25, 0.3) is 0 Å². The third-order valence-corrected chi connectivity index (χ3v) is 3.58. The Kier molecular flexibility index (Phi) is 5.38. The van der Waals surface area contributed by atoms with Gasteiger partial charge in [-0.15, -0.1) is 0 Å². The molecule has 2 rings (SSSR count). The van der Waals surface area contributed by atoms with E-state index >= 15 is 0 Å². The molecule has 1 saturated heterocycles. The van der Waals surface area contributed by atoms with Crippen LogP contribution in [-0.4, -0.2) is 19.5 Å². The summed E-state index contributed by atoms with van der Waals surface area (Å²) in [6.07, 6.45) is 4.21. The molecular weight excluding hydrogens is 238 g/mol. The zero-order chi connectivity index (χ0) is 13.5. The third kappa shape index (κ3) is 4.34. The van der Waals surface area contributed by atoms with Crippen LogP contribution < -0.4 is 0 Å². The average Bonchev–Trinajstić information content (AvgIpc) is 2.48. The molecule has 0 radical (unpaired) electrons. The molecular formula is C16H21NO2. The van der Waals surface area contributed by atoms with Gasteiger partial charge in [-0.1, -0.05) is 19.1 Å². The van der Waals surface area contributed by atoms with Crippen molar-refractivity contribution in [1.82, 2.24) is 0 Å². The van der Waals surface area contributed by atoms with Crippen LogP contribution in [0.2, 0.25) is 0 Å². The molecule has 0 N–H and O–H groups in total. The number of hydrogen-bond acceptors (Lipinski definition) is 3. The summed E-state index contributed by atoms with van der Waals surface area (Å²) in [6.45, 7) is 3.88. The van der Waals surface area contributed by atoms with Gasteiger partial charge in [0.1, 0.15) is 0 Å². The van der Waals surface area contributed by atoms with Gasteiger partial charge < -0.3 is 9.47 Å². The molecule has 0 aliphatic carbocycles. The van der Waals surface area contributed by atoms with Crippen LogP contribution in [-0.2, 0) is 9.47 Å². The minimum Gasteiger partial charge on any atom is -0.353 e. The van der Waals surface area contributed by atoms with E-state index in [1.807, 2.05) is 12.1 Å². The maximum absolute atomic E-state index is 8.77. The summed E-state index contributed by atoms with van der Waals surface area (Å²) in [4.78, 5) is 0. The van der Waals surface area contributed by atoms with Crippen LogP contribution in [0.15, 0.2) is 24.3 Å². The lowest BCUT2D eigenvalue weighted by atomic mass is 9.94. The number of nitrogens with zero attached hydrogens (tertiary/aromatic N) is 1. The lowest BCUT2D eigenvalue weighted by molar-refractivity contribution is -0.181. The molecule has 3 heteroatoms. The first-order valence-electron chi connectivity index (χ1n) is 7.03. The Hall–Kier alpha value is -1.37. The first kappa shape index (κ1) is 14.0. The Morgan fingerprint density at radius 2 is 1.95 bits per heavy atom. The van der Waals surface area contributed by atoms with Gasteiger partial charge in [0.15, 0.2) is 6.29 Å². The second-order valence-electron chi connectivity index (χ2n) is 5.09. The molecule has 0 amide bonds. The van der Waals surface area contributed by atoms with Crippen LogP contribution in [0.25, 0.3) is 0 Å². The van der Waals surface area contributed by atoms with Gasteiger partial charge >= 0.3 is 0 Å². The summed E-state index contributed by atoms with van der Waals surface area (Å²) >= 11 is 0. The largest absolute Gasteiger partial charge is 0.353 e. The van der Waals surface area contributed by atoms with E-state index in [9.17, 15) is 0 Å². The number of ether oxygens (including phenoxy) is 2. The highest BCUT2D eigenvalue weighted by molar-refractivity contribution is 5.32. The fourth-order valence-electron chi connectivity index (χ4n) is 2.35. The van der Waals surface area contributed by atoms with Crippen molar-refractivity contribution in [2.75, 3.05) is 13.2 Å². The van der Waals surface area contributed by atoms with Gasteiger partial charge in [-0.2, -0.15) is 5.26 Å². The molecule has 1 atom stereocenters. The van der Waals surface area contributed by atoms with Crippen LogP contribution in [0, 0.1) is 11.3 Å². The van der Waals surface area contributed by atoms with E-state index in [0.717, 1.165) is 44.5 Å². The molecule has 1 heterocycles. The van der Waals surface area contributed by atoms with Crippen LogP contribution in [0.3, 0.4) is 0 Å². The molecule has 0 spiro atoms. The minimum absolute atomic E-state index is 0.00177. The van der Waals surface area contributed by atoms with Crippen LogP contribution in [0.1, 0.15) is 49.7 Å². The SMILES string of the molecule is CC(CCCC1OCCCO1)c1ccc(C#N)cc1. The van der Waals surface area contributed by atoms with Gasteiger partial charge in [0.2, 0.25) is 0 Å². The van der Waals surface area contributed by atoms with Gasteiger partial charge in [-0.05, 0) is 49.3 Å². The van der Waals surface area contributed by atoms with Gasteiger partial charge in [-0.25, -0.2) is 0 Å². The topological polar surface area (TPSA) is 42.2 Å². The van der Waals surface area contributed by atoms with Crippen molar-refractivity contribution < 1.29 is 9.47 Å². The third-order valence-electron chi connectivity index (χ3n) is 3.58. The zero-order valence-corrected chi connectivity index (χ0v) is 11.5. The molecule has 3 nitrogen and oxygen atoms in total. The fraction of sp³-hybridized carbons (Fsp3) is 0.562.